The highest BCUT2D eigenvalue weighted by molar-refractivity contribution is 5.98. The van der Waals surface area contributed by atoms with Gasteiger partial charge in [0, 0.05) is 13.0 Å². The third-order valence-corrected chi connectivity index (χ3v) is 3.24. The highest BCUT2D eigenvalue weighted by Crippen LogP contribution is 2.35. The predicted molar refractivity (Wildman–Crippen MR) is 73.6 cm³/mol. The minimum atomic E-state index is -0.893. The van der Waals surface area contributed by atoms with Gasteiger partial charge in [0.2, 0.25) is 5.91 Å². The molecule has 5 heteroatoms. The van der Waals surface area contributed by atoms with Gasteiger partial charge in [-0.3, -0.25) is 9.59 Å². The Morgan fingerprint density at radius 2 is 2.21 bits per heavy atom. The summed E-state index contributed by atoms with van der Waals surface area (Å²) in [5.74, 6) is -0.697. The molecule has 0 atom stereocenters. The van der Waals surface area contributed by atoms with Crippen molar-refractivity contribution in [2.45, 2.75) is 26.2 Å². The molecule has 0 bridgehead atoms. The first kappa shape index (κ1) is 13.4. The fraction of sp³-hybridized carbons (Fsp3) is 0.429. The van der Waals surface area contributed by atoms with E-state index in [-0.39, 0.29) is 18.4 Å². The van der Waals surface area contributed by atoms with E-state index in [0.717, 1.165) is 16.9 Å². The van der Waals surface area contributed by atoms with Crippen LogP contribution >= 0.6 is 0 Å². The molecule has 0 unspecified atom stereocenters. The standard InChI is InChI=1S/C14H18N2O3/c1-9(2)10-4-3-5-11-14(10)15-12(17)6-7-16(11)8-13(18)19/h3-5,9H,6-8H2,1-2H3,(H,15,17)(H,18,19). The molecule has 0 spiro atoms. The molecule has 1 heterocycles. The number of carboxylic acids is 1. The van der Waals surface area contributed by atoms with Crippen molar-refractivity contribution in [1.82, 2.24) is 0 Å². The molecule has 0 fully saturated rings. The molecular weight excluding hydrogens is 244 g/mol. The normalized spacial score (nSPS) is 14.9. The van der Waals surface area contributed by atoms with E-state index in [1.54, 1.807) is 4.90 Å². The number of hydrogen-bond acceptors (Lipinski definition) is 3. The molecule has 2 N–H and O–H groups in total. The summed E-state index contributed by atoms with van der Waals surface area (Å²) in [7, 11) is 0. The minimum absolute atomic E-state index is 0.0674. The molecule has 1 aromatic rings. The molecule has 5 nitrogen and oxygen atoms in total. The topological polar surface area (TPSA) is 69.6 Å². The van der Waals surface area contributed by atoms with Gasteiger partial charge in [0.1, 0.15) is 6.54 Å². The van der Waals surface area contributed by atoms with Crippen LogP contribution in [-0.4, -0.2) is 30.1 Å². The lowest BCUT2D eigenvalue weighted by atomic mass is 9.99. The first-order valence-electron chi connectivity index (χ1n) is 6.38. The molecule has 0 aliphatic carbocycles. The van der Waals surface area contributed by atoms with Crippen molar-refractivity contribution < 1.29 is 14.7 Å². The predicted octanol–water partition coefficient (Wildman–Crippen LogP) is 2.04. The fourth-order valence-electron chi connectivity index (χ4n) is 2.32. The van der Waals surface area contributed by atoms with E-state index in [1.165, 1.54) is 0 Å². The molecule has 1 aliphatic rings. The first-order valence-corrected chi connectivity index (χ1v) is 6.38. The molecule has 0 saturated heterocycles. The Morgan fingerprint density at radius 1 is 1.47 bits per heavy atom. The van der Waals surface area contributed by atoms with Crippen molar-refractivity contribution in [3.05, 3.63) is 23.8 Å². The SMILES string of the molecule is CC(C)c1cccc2c1NC(=O)CCN2CC(=O)O. The molecule has 1 amide bonds. The highest BCUT2D eigenvalue weighted by atomic mass is 16.4. The number of hydrogen-bond donors (Lipinski definition) is 2. The minimum Gasteiger partial charge on any atom is -0.480 e. The van der Waals surface area contributed by atoms with Crippen molar-refractivity contribution in [2.24, 2.45) is 0 Å². The lowest BCUT2D eigenvalue weighted by Crippen LogP contribution is -2.30. The Bertz CT molecular complexity index is 511. The number of fused-ring (bicyclic) bond motifs is 1. The van der Waals surface area contributed by atoms with Gasteiger partial charge in [0.05, 0.1) is 11.4 Å². The van der Waals surface area contributed by atoms with Crippen LogP contribution in [0, 0.1) is 0 Å². The summed E-state index contributed by atoms with van der Waals surface area (Å²) >= 11 is 0. The summed E-state index contributed by atoms with van der Waals surface area (Å²) in [5, 5.41) is 11.9. The highest BCUT2D eigenvalue weighted by Gasteiger charge is 2.23. The van der Waals surface area contributed by atoms with Crippen LogP contribution in [-0.2, 0) is 9.59 Å². The Hall–Kier alpha value is -2.04. The summed E-state index contributed by atoms with van der Waals surface area (Å²) < 4.78 is 0. The van der Waals surface area contributed by atoms with Crippen LogP contribution in [0.25, 0.3) is 0 Å². The fourth-order valence-corrected chi connectivity index (χ4v) is 2.32. The third-order valence-electron chi connectivity index (χ3n) is 3.24. The Morgan fingerprint density at radius 3 is 2.84 bits per heavy atom. The summed E-state index contributed by atoms with van der Waals surface area (Å²) in [6.07, 6.45) is 0.305. The molecule has 102 valence electrons. The maximum absolute atomic E-state index is 11.8. The Balaban J connectivity index is 2.49. The largest absolute Gasteiger partial charge is 0.480 e. The summed E-state index contributed by atoms with van der Waals surface area (Å²) in [6, 6.07) is 5.73. The number of aliphatic carboxylic acids is 1. The Kier molecular flexibility index (Phi) is 3.74. The van der Waals surface area contributed by atoms with Crippen LogP contribution in [0.2, 0.25) is 0 Å². The monoisotopic (exact) mass is 262 g/mol. The number of carbonyl (C=O) groups excluding carboxylic acids is 1. The van der Waals surface area contributed by atoms with Gasteiger partial charge in [-0.1, -0.05) is 26.0 Å². The average molecular weight is 262 g/mol. The zero-order valence-electron chi connectivity index (χ0n) is 11.1. The second kappa shape index (κ2) is 5.30. The van der Waals surface area contributed by atoms with Crippen molar-refractivity contribution >= 4 is 23.3 Å². The molecule has 1 aliphatic heterocycles. The second-order valence-electron chi connectivity index (χ2n) is 5.01. The molecule has 2 rings (SSSR count). The van der Waals surface area contributed by atoms with Crippen LogP contribution in [0.1, 0.15) is 31.7 Å². The molecule has 1 aromatic carbocycles. The smallest absolute Gasteiger partial charge is 0.323 e. The lowest BCUT2D eigenvalue weighted by molar-refractivity contribution is -0.135. The van der Waals surface area contributed by atoms with E-state index < -0.39 is 5.97 Å². The zero-order valence-corrected chi connectivity index (χ0v) is 11.1. The van der Waals surface area contributed by atoms with E-state index >= 15 is 0 Å². The van der Waals surface area contributed by atoms with Gasteiger partial charge in [-0.25, -0.2) is 0 Å². The van der Waals surface area contributed by atoms with E-state index in [1.807, 2.05) is 32.0 Å². The van der Waals surface area contributed by atoms with E-state index in [9.17, 15) is 9.59 Å². The number of rotatable bonds is 3. The summed E-state index contributed by atoms with van der Waals surface area (Å²) in [6.45, 7) is 4.43. The number of anilines is 2. The number of benzene rings is 1. The maximum atomic E-state index is 11.8. The quantitative estimate of drug-likeness (QED) is 0.874. The van der Waals surface area contributed by atoms with Crippen LogP contribution in [0.4, 0.5) is 11.4 Å². The number of para-hydroxylation sites is 1. The van der Waals surface area contributed by atoms with E-state index in [0.29, 0.717) is 13.0 Å². The lowest BCUT2D eigenvalue weighted by Gasteiger charge is -2.24. The molecule has 19 heavy (non-hydrogen) atoms. The number of amides is 1. The maximum Gasteiger partial charge on any atom is 0.323 e. The van der Waals surface area contributed by atoms with Crippen molar-refractivity contribution in [2.75, 3.05) is 23.3 Å². The van der Waals surface area contributed by atoms with Gasteiger partial charge in [-0.15, -0.1) is 0 Å². The molecule has 0 aromatic heterocycles. The first-order chi connectivity index (χ1) is 8.99. The molecule has 0 saturated carbocycles. The number of carboxylic acid groups (broad SMARTS) is 1. The zero-order chi connectivity index (χ0) is 14.0. The van der Waals surface area contributed by atoms with Crippen molar-refractivity contribution in [1.29, 1.82) is 0 Å². The average Bonchev–Trinajstić information content (AvgIpc) is 2.48. The third kappa shape index (κ3) is 2.86. The van der Waals surface area contributed by atoms with Gasteiger partial charge in [0.15, 0.2) is 0 Å². The van der Waals surface area contributed by atoms with Gasteiger partial charge in [-0.05, 0) is 17.5 Å². The van der Waals surface area contributed by atoms with Crippen molar-refractivity contribution in [3.8, 4) is 0 Å². The van der Waals surface area contributed by atoms with Crippen LogP contribution in [0.3, 0.4) is 0 Å². The van der Waals surface area contributed by atoms with Gasteiger partial charge in [-0.2, -0.15) is 0 Å². The summed E-state index contributed by atoms with van der Waals surface area (Å²) in [4.78, 5) is 24.4. The number of nitrogens with zero attached hydrogens (tertiary/aromatic N) is 1. The van der Waals surface area contributed by atoms with Crippen LogP contribution < -0.4 is 10.2 Å². The number of nitrogens with one attached hydrogen (secondary N) is 1. The van der Waals surface area contributed by atoms with Crippen LogP contribution in [0.15, 0.2) is 18.2 Å². The van der Waals surface area contributed by atoms with E-state index in [4.69, 9.17) is 5.11 Å². The number of carbonyl (C=O) groups is 2. The van der Waals surface area contributed by atoms with Crippen LogP contribution in [0.5, 0.6) is 0 Å². The Labute approximate surface area is 112 Å². The second-order valence-corrected chi connectivity index (χ2v) is 5.01. The van der Waals surface area contributed by atoms with E-state index in [2.05, 4.69) is 5.32 Å². The van der Waals surface area contributed by atoms with Gasteiger partial charge >= 0.3 is 5.97 Å². The van der Waals surface area contributed by atoms with Crippen molar-refractivity contribution in [3.63, 3.8) is 0 Å². The van der Waals surface area contributed by atoms with Gasteiger partial charge < -0.3 is 15.3 Å². The molecule has 0 radical (unpaired) electrons. The molecular formula is C14H18N2O3. The van der Waals surface area contributed by atoms with Gasteiger partial charge in [0.25, 0.3) is 0 Å². The summed E-state index contributed by atoms with van der Waals surface area (Å²) in [5.41, 5.74) is 2.57.